The fourth-order valence-electron chi connectivity index (χ4n) is 3.47. The lowest BCUT2D eigenvalue weighted by molar-refractivity contribution is 0.134. The number of nitrogens with two attached hydrogens (primary N) is 1. The van der Waals surface area contributed by atoms with E-state index in [1.54, 1.807) is 12.1 Å². The lowest BCUT2D eigenvalue weighted by Crippen LogP contribution is -2.43. The summed E-state index contributed by atoms with van der Waals surface area (Å²) in [5.41, 5.74) is 6.47. The van der Waals surface area contributed by atoms with Crippen molar-refractivity contribution in [3.8, 4) is 17.0 Å². The van der Waals surface area contributed by atoms with Crippen LogP contribution in [-0.4, -0.2) is 22.1 Å². The molecule has 2 heterocycles. The summed E-state index contributed by atoms with van der Waals surface area (Å²) >= 11 is 0. The van der Waals surface area contributed by atoms with Crippen LogP contribution < -0.4 is 10.5 Å². The number of benzene rings is 1. The van der Waals surface area contributed by atoms with Crippen LogP contribution in [0.5, 0.6) is 5.75 Å². The molecule has 1 atom stereocenters. The highest BCUT2D eigenvalue weighted by Crippen LogP contribution is 2.33. The number of rotatable bonds is 7. The average Bonchev–Trinajstić information content (AvgIpc) is 2.64. The van der Waals surface area contributed by atoms with Gasteiger partial charge in [0, 0.05) is 22.7 Å². The van der Waals surface area contributed by atoms with Crippen molar-refractivity contribution < 1.29 is 17.9 Å². The van der Waals surface area contributed by atoms with Crippen molar-refractivity contribution in [2.45, 2.75) is 39.2 Å². The number of pyridine rings is 2. The maximum absolute atomic E-state index is 13.7. The van der Waals surface area contributed by atoms with E-state index in [0.717, 1.165) is 0 Å². The van der Waals surface area contributed by atoms with Crippen LogP contribution in [-0.2, 0) is 0 Å². The second kappa shape index (κ2) is 8.37. The summed E-state index contributed by atoms with van der Waals surface area (Å²) in [5.74, 6) is -0.0917. The third-order valence-electron chi connectivity index (χ3n) is 4.50. The number of nitrogens with zero attached hydrogens (tertiary/aromatic N) is 2. The van der Waals surface area contributed by atoms with Crippen molar-refractivity contribution >= 4 is 10.9 Å². The van der Waals surface area contributed by atoms with Crippen LogP contribution in [0.4, 0.5) is 13.2 Å². The first-order valence-electron chi connectivity index (χ1n) is 9.42. The van der Waals surface area contributed by atoms with E-state index in [2.05, 4.69) is 9.97 Å². The van der Waals surface area contributed by atoms with Crippen molar-refractivity contribution in [3.63, 3.8) is 0 Å². The van der Waals surface area contributed by atoms with Gasteiger partial charge in [-0.1, -0.05) is 13.8 Å². The lowest BCUT2D eigenvalue weighted by Gasteiger charge is -2.27. The Kier molecular flexibility index (Phi) is 6.07. The maximum Gasteiger partial charge on any atom is 0.284 e. The van der Waals surface area contributed by atoms with Crippen LogP contribution in [0.2, 0.25) is 0 Å². The Bertz CT molecular complexity index is 1010. The highest BCUT2D eigenvalue weighted by molar-refractivity contribution is 5.93. The Morgan fingerprint density at radius 1 is 1.14 bits per heavy atom. The molecule has 7 heteroatoms. The van der Waals surface area contributed by atoms with Crippen LogP contribution in [0.15, 0.2) is 42.6 Å². The third-order valence-corrected chi connectivity index (χ3v) is 4.50. The summed E-state index contributed by atoms with van der Waals surface area (Å²) in [7, 11) is 0. The lowest BCUT2D eigenvalue weighted by atomic mass is 9.93. The number of alkyl halides is 2. The summed E-state index contributed by atoms with van der Waals surface area (Å²) in [6, 6.07) is 8.82. The van der Waals surface area contributed by atoms with Gasteiger partial charge >= 0.3 is 0 Å². The first kappa shape index (κ1) is 21.0. The number of hydrogen-bond donors (Lipinski definition) is 1. The molecule has 29 heavy (non-hydrogen) atoms. The SMILES string of the molecule is CC(C)C[C@](C)(N)COc1ccc(-c2ccnc3ccc(F)cc23)nc1C(F)F. The van der Waals surface area contributed by atoms with Gasteiger partial charge in [-0.3, -0.25) is 4.98 Å². The van der Waals surface area contributed by atoms with Gasteiger partial charge in [0.05, 0.1) is 11.2 Å². The molecule has 0 saturated heterocycles. The Morgan fingerprint density at radius 3 is 2.59 bits per heavy atom. The Morgan fingerprint density at radius 2 is 1.90 bits per heavy atom. The number of fused-ring (bicyclic) bond motifs is 1. The topological polar surface area (TPSA) is 61.0 Å². The van der Waals surface area contributed by atoms with Gasteiger partial charge in [0.15, 0.2) is 0 Å². The van der Waals surface area contributed by atoms with Gasteiger partial charge in [0.2, 0.25) is 0 Å². The van der Waals surface area contributed by atoms with E-state index in [1.807, 2.05) is 20.8 Å². The molecule has 3 aromatic rings. The normalized spacial score (nSPS) is 13.8. The van der Waals surface area contributed by atoms with Crippen LogP contribution in [0, 0.1) is 11.7 Å². The molecule has 0 radical (unpaired) electrons. The first-order chi connectivity index (χ1) is 13.7. The highest BCUT2D eigenvalue weighted by Gasteiger charge is 2.24. The monoisotopic (exact) mass is 403 g/mol. The molecule has 0 unspecified atom stereocenters. The van der Waals surface area contributed by atoms with Crippen molar-refractivity contribution in [3.05, 3.63) is 54.1 Å². The fourth-order valence-corrected chi connectivity index (χ4v) is 3.47. The summed E-state index contributed by atoms with van der Waals surface area (Å²) < 4.78 is 46.7. The zero-order valence-electron chi connectivity index (χ0n) is 16.6. The van der Waals surface area contributed by atoms with Crippen LogP contribution in [0.1, 0.15) is 39.3 Å². The van der Waals surface area contributed by atoms with Crippen LogP contribution >= 0.6 is 0 Å². The second-order valence-electron chi connectivity index (χ2n) is 7.94. The number of ether oxygens (including phenoxy) is 1. The molecule has 2 N–H and O–H groups in total. The van der Waals surface area contributed by atoms with Gasteiger partial charge in [-0.05, 0) is 55.7 Å². The molecule has 0 aliphatic heterocycles. The zero-order chi connectivity index (χ0) is 21.2. The molecule has 0 fully saturated rings. The second-order valence-corrected chi connectivity index (χ2v) is 7.94. The van der Waals surface area contributed by atoms with E-state index >= 15 is 0 Å². The molecule has 0 aliphatic rings. The molecule has 2 aromatic heterocycles. The smallest absolute Gasteiger partial charge is 0.284 e. The Balaban J connectivity index is 1.96. The summed E-state index contributed by atoms with van der Waals surface area (Å²) in [6.07, 6.45) is -0.601. The predicted molar refractivity (Wildman–Crippen MR) is 107 cm³/mol. The quantitative estimate of drug-likeness (QED) is 0.565. The average molecular weight is 403 g/mol. The van der Waals surface area contributed by atoms with Crippen molar-refractivity contribution in [2.24, 2.45) is 11.7 Å². The van der Waals surface area contributed by atoms with E-state index in [4.69, 9.17) is 10.5 Å². The Labute approximate surface area is 167 Å². The minimum Gasteiger partial charge on any atom is -0.490 e. The summed E-state index contributed by atoms with van der Waals surface area (Å²) in [5, 5.41) is 0.500. The molecule has 0 saturated carbocycles. The highest BCUT2D eigenvalue weighted by atomic mass is 19.3. The molecule has 3 rings (SSSR count). The van der Waals surface area contributed by atoms with Gasteiger partial charge in [-0.25, -0.2) is 18.2 Å². The molecule has 154 valence electrons. The number of halogens is 3. The summed E-state index contributed by atoms with van der Waals surface area (Å²) in [6.45, 7) is 5.99. The van der Waals surface area contributed by atoms with Crippen LogP contribution in [0.25, 0.3) is 22.2 Å². The number of hydrogen-bond acceptors (Lipinski definition) is 4. The van der Waals surface area contributed by atoms with Crippen molar-refractivity contribution in [1.29, 1.82) is 0 Å². The van der Waals surface area contributed by atoms with E-state index in [9.17, 15) is 13.2 Å². The minimum atomic E-state index is -2.83. The van der Waals surface area contributed by atoms with Crippen LogP contribution in [0.3, 0.4) is 0 Å². The molecule has 0 aliphatic carbocycles. The van der Waals surface area contributed by atoms with Crippen molar-refractivity contribution in [2.75, 3.05) is 6.61 Å². The number of aromatic nitrogens is 2. The van der Waals surface area contributed by atoms with Gasteiger partial charge < -0.3 is 10.5 Å². The van der Waals surface area contributed by atoms with Crippen molar-refractivity contribution in [1.82, 2.24) is 9.97 Å². The molecular weight excluding hydrogens is 379 g/mol. The molecule has 4 nitrogen and oxygen atoms in total. The Hall–Kier alpha value is -2.67. The standard InChI is InChI=1S/C22H24F3N3O/c1-13(2)11-22(3,26)12-29-19-7-6-18(28-20(19)21(24)25)15-8-9-27-17-5-4-14(23)10-16(15)17/h4-10,13,21H,11-12,26H2,1-3H3/t22-/m0/s1. The van der Waals surface area contributed by atoms with Gasteiger partial charge in [0.1, 0.15) is 23.9 Å². The maximum atomic E-state index is 13.7. The van der Waals surface area contributed by atoms with E-state index in [-0.39, 0.29) is 12.4 Å². The molecule has 0 amide bonds. The zero-order valence-corrected chi connectivity index (χ0v) is 16.6. The molecule has 0 spiro atoms. The first-order valence-corrected chi connectivity index (χ1v) is 9.42. The molecule has 0 bridgehead atoms. The molecule has 1 aromatic carbocycles. The largest absolute Gasteiger partial charge is 0.490 e. The third kappa shape index (κ3) is 5.03. The summed E-state index contributed by atoms with van der Waals surface area (Å²) in [4.78, 5) is 8.30. The van der Waals surface area contributed by atoms with Gasteiger partial charge in [-0.15, -0.1) is 0 Å². The van der Waals surface area contributed by atoms with Gasteiger partial charge in [-0.2, -0.15) is 0 Å². The van der Waals surface area contributed by atoms with E-state index < -0.39 is 23.5 Å². The van der Waals surface area contributed by atoms with E-state index in [0.29, 0.717) is 34.5 Å². The predicted octanol–water partition coefficient (Wildman–Crippen LogP) is 5.52. The minimum absolute atomic E-state index is 0.00581. The molecular formula is C22H24F3N3O. The fraction of sp³-hybridized carbons (Fsp3) is 0.364. The van der Waals surface area contributed by atoms with Gasteiger partial charge in [0.25, 0.3) is 6.43 Å². The van der Waals surface area contributed by atoms with E-state index in [1.165, 1.54) is 30.5 Å².